The Hall–Kier alpha value is 0.0600. The number of rotatable bonds is 1. The molecule has 2 aliphatic rings. The maximum Gasteiger partial charge on any atom is 0.0740 e. The Morgan fingerprint density at radius 1 is 1.21 bits per heavy atom. The third-order valence-electron chi connectivity index (χ3n) is 3.20. The van der Waals surface area contributed by atoms with Crippen molar-refractivity contribution in [1.29, 1.82) is 0 Å². The molecular formula is C12H15Cl2. The standard InChI is InChI=1S/C12H15Cl2/c13-11-7-4-8-12(14,9-11)10-5-2-1-3-6-10/h4,7-10H,1-3,5-6H2. The molecule has 14 heavy (non-hydrogen) atoms. The second-order valence-corrected chi connectivity index (χ2v) is 5.31. The first-order valence-electron chi connectivity index (χ1n) is 5.30. The normalized spacial score (nSPS) is 34.3. The van der Waals surface area contributed by atoms with Gasteiger partial charge >= 0.3 is 0 Å². The topological polar surface area (TPSA) is 0 Å². The van der Waals surface area contributed by atoms with Crippen molar-refractivity contribution in [1.82, 2.24) is 0 Å². The molecule has 77 valence electrons. The highest BCUT2D eigenvalue weighted by molar-refractivity contribution is 6.34. The molecule has 1 radical (unpaired) electrons. The molecule has 2 rings (SSSR count). The molecule has 0 aliphatic heterocycles. The van der Waals surface area contributed by atoms with Crippen molar-refractivity contribution < 1.29 is 0 Å². The van der Waals surface area contributed by atoms with E-state index in [9.17, 15) is 0 Å². The number of allylic oxidation sites excluding steroid dienone is 4. The zero-order valence-electron chi connectivity index (χ0n) is 8.18. The fourth-order valence-corrected chi connectivity index (χ4v) is 3.11. The van der Waals surface area contributed by atoms with Gasteiger partial charge in [-0.25, -0.2) is 0 Å². The van der Waals surface area contributed by atoms with Gasteiger partial charge < -0.3 is 0 Å². The molecule has 0 heterocycles. The Balaban J connectivity index is 2.08. The van der Waals surface area contributed by atoms with Crippen molar-refractivity contribution in [2.45, 2.75) is 37.0 Å². The fourth-order valence-electron chi connectivity index (χ4n) is 2.39. The SMILES string of the molecule is ClC1=CC=CC(Cl)(C2CCCCC2)[CH]1. The van der Waals surface area contributed by atoms with E-state index >= 15 is 0 Å². The summed E-state index contributed by atoms with van der Waals surface area (Å²) in [6.45, 7) is 0. The molecule has 0 spiro atoms. The summed E-state index contributed by atoms with van der Waals surface area (Å²) in [6, 6.07) is 0. The van der Waals surface area contributed by atoms with Crippen LogP contribution in [0.3, 0.4) is 0 Å². The lowest BCUT2D eigenvalue weighted by atomic mass is 9.76. The summed E-state index contributed by atoms with van der Waals surface area (Å²) in [4.78, 5) is -0.313. The monoisotopic (exact) mass is 229 g/mol. The highest BCUT2D eigenvalue weighted by atomic mass is 35.5. The van der Waals surface area contributed by atoms with E-state index < -0.39 is 0 Å². The molecule has 1 saturated carbocycles. The molecule has 0 aromatic rings. The zero-order valence-corrected chi connectivity index (χ0v) is 9.69. The van der Waals surface area contributed by atoms with Gasteiger partial charge in [0.1, 0.15) is 0 Å². The lowest BCUT2D eigenvalue weighted by Gasteiger charge is -2.36. The maximum absolute atomic E-state index is 6.58. The molecule has 2 heteroatoms. The van der Waals surface area contributed by atoms with Crippen LogP contribution in [0.15, 0.2) is 23.3 Å². The predicted octanol–water partition coefficient (Wildman–Crippen LogP) is 4.44. The summed E-state index contributed by atoms with van der Waals surface area (Å²) >= 11 is 12.6. The first kappa shape index (κ1) is 10.6. The largest absolute Gasteiger partial charge is 0.114 e. The van der Waals surface area contributed by atoms with E-state index in [-0.39, 0.29) is 4.87 Å². The van der Waals surface area contributed by atoms with Crippen molar-refractivity contribution in [2.75, 3.05) is 0 Å². The zero-order chi connectivity index (χ0) is 10.0. The van der Waals surface area contributed by atoms with Crippen LogP contribution < -0.4 is 0 Å². The van der Waals surface area contributed by atoms with Crippen LogP contribution in [-0.4, -0.2) is 4.87 Å². The van der Waals surface area contributed by atoms with Gasteiger partial charge in [0.2, 0.25) is 0 Å². The lowest BCUT2D eigenvalue weighted by Crippen LogP contribution is -2.33. The molecule has 0 aromatic heterocycles. The summed E-state index contributed by atoms with van der Waals surface area (Å²) in [7, 11) is 0. The highest BCUT2D eigenvalue weighted by Crippen LogP contribution is 2.43. The summed E-state index contributed by atoms with van der Waals surface area (Å²) in [5, 5.41) is 0.771. The van der Waals surface area contributed by atoms with Crippen molar-refractivity contribution in [3.05, 3.63) is 29.7 Å². The van der Waals surface area contributed by atoms with Crippen molar-refractivity contribution in [3.8, 4) is 0 Å². The molecule has 0 amide bonds. The number of alkyl halides is 1. The van der Waals surface area contributed by atoms with Crippen LogP contribution in [0, 0.1) is 12.3 Å². The van der Waals surface area contributed by atoms with Crippen LogP contribution in [0.1, 0.15) is 32.1 Å². The Morgan fingerprint density at radius 2 is 1.93 bits per heavy atom. The molecule has 1 unspecified atom stereocenters. The average molecular weight is 230 g/mol. The number of halogens is 2. The van der Waals surface area contributed by atoms with Crippen LogP contribution in [0.5, 0.6) is 0 Å². The van der Waals surface area contributed by atoms with Gasteiger partial charge in [0.05, 0.1) is 4.87 Å². The minimum atomic E-state index is -0.313. The predicted molar refractivity (Wildman–Crippen MR) is 62.5 cm³/mol. The lowest BCUT2D eigenvalue weighted by molar-refractivity contribution is 0.325. The molecule has 1 atom stereocenters. The molecule has 0 saturated heterocycles. The second-order valence-electron chi connectivity index (χ2n) is 4.22. The van der Waals surface area contributed by atoms with E-state index in [4.69, 9.17) is 23.2 Å². The van der Waals surface area contributed by atoms with Crippen molar-refractivity contribution >= 4 is 23.2 Å². The van der Waals surface area contributed by atoms with Crippen LogP contribution in [-0.2, 0) is 0 Å². The maximum atomic E-state index is 6.58. The van der Waals surface area contributed by atoms with Gasteiger partial charge in [-0.3, -0.25) is 0 Å². The average Bonchev–Trinajstić information content (AvgIpc) is 2.19. The highest BCUT2D eigenvalue weighted by Gasteiger charge is 2.36. The Morgan fingerprint density at radius 3 is 2.57 bits per heavy atom. The quantitative estimate of drug-likeness (QED) is 0.584. The van der Waals surface area contributed by atoms with E-state index in [1.165, 1.54) is 32.1 Å². The molecule has 0 aromatic carbocycles. The van der Waals surface area contributed by atoms with Gasteiger partial charge in [0.15, 0.2) is 0 Å². The van der Waals surface area contributed by atoms with Gasteiger partial charge in [-0.1, -0.05) is 43.0 Å². The molecule has 0 bridgehead atoms. The Bertz CT molecular complexity index is 261. The molecule has 0 nitrogen and oxygen atoms in total. The van der Waals surface area contributed by atoms with E-state index in [1.54, 1.807) is 0 Å². The van der Waals surface area contributed by atoms with Crippen LogP contribution in [0.2, 0.25) is 0 Å². The van der Waals surface area contributed by atoms with E-state index in [0.29, 0.717) is 5.92 Å². The van der Waals surface area contributed by atoms with Gasteiger partial charge in [-0.2, -0.15) is 0 Å². The summed E-state index contributed by atoms with van der Waals surface area (Å²) in [5.74, 6) is 0.566. The fraction of sp³-hybridized carbons (Fsp3) is 0.583. The third-order valence-corrected chi connectivity index (χ3v) is 3.98. The Labute approximate surface area is 96.0 Å². The molecule has 0 N–H and O–H groups in total. The van der Waals surface area contributed by atoms with Crippen LogP contribution in [0.4, 0.5) is 0 Å². The smallest absolute Gasteiger partial charge is 0.0740 e. The molecular weight excluding hydrogens is 215 g/mol. The summed E-state index contributed by atoms with van der Waals surface area (Å²) in [6.07, 6.45) is 14.4. The van der Waals surface area contributed by atoms with E-state index in [2.05, 4.69) is 6.08 Å². The van der Waals surface area contributed by atoms with E-state index in [0.717, 1.165) is 5.03 Å². The van der Waals surface area contributed by atoms with Gasteiger partial charge in [-0.05, 0) is 24.8 Å². The minimum Gasteiger partial charge on any atom is -0.114 e. The third kappa shape index (κ3) is 2.17. The first-order chi connectivity index (χ1) is 6.71. The second kappa shape index (κ2) is 4.28. The van der Waals surface area contributed by atoms with Crippen molar-refractivity contribution in [3.63, 3.8) is 0 Å². The van der Waals surface area contributed by atoms with Crippen LogP contribution in [0.25, 0.3) is 0 Å². The van der Waals surface area contributed by atoms with Gasteiger partial charge in [-0.15, -0.1) is 11.6 Å². The first-order valence-corrected chi connectivity index (χ1v) is 6.06. The van der Waals surface area contributed by atoms with Crippen molar-refractivity contribution in [2.24, 2.45) is 5.92 Å². The summed E-state index contributed by atoms with van der Waals surface area (Å²) in [5.41, 5.74) is 0. The minimum absolute atomic E-state index is 0.313. The molecule has 2 aliphatic carbocycles. The van der Waals surface area contributed by atoms with E-state index in [1.807, 2.05) is 18.6 Å². The van der Waals surface area contributed by atoms with Gasteiger partial charge in [0.25, 0.3) is 0 Å². The molecule has 1 fully saturated rings. The van der Waals surface area contributed by atoms with Gasteiger partial charge in [0, 0.05) is 11.5 Å². The Kier molecular flexibility index (Phi) is 3.23. The van der Waals surface area contributed by atoms with Crippen LogP contribution >= 0.6 is 23.2 Å². The number of hydrogen-bond acceptors (Lipinski definition) is 0. The number of hydrogen-bond donors (Lipinski definition) is 0. The summed E-state index contributed by atoms with van der Waals surface area (Å²) < 4.78 is 0.